The minimum atomic E-state index is -1.36. The van der Waals surface area contributed by atoms with Gasteiger partial charge in [-0.25, -0.2) is 9.59 Å². The summed E-state index contributed by atoms with van der Waals surface area (Å²) in [6.45, 7) is -0.245. The first kappa shape index (κ1) is 38.0. The van der Waals surface area contributed by atoms with Crippen molar-refractivity contribution in [2.24, 2.45) is 0 Å². The monoisotopic (exact) mass is 764 g/mol. The average molecular weight is 765 g/mol. The Labute approximate surface area is 329 Å². The Hall–Kier alpha value is -7.34. The minimum Gasteiger partial charge on any atom is -0.497 e. The zero-order valence-corrected chi connectivity index (χ0v) is 31.3. The van der Waals surface area contributed by atoms with Gasteiger partial charge in [0.05, 0.1) is 14.2 Å². The third kappa shape index (κ3) is 8.81. The first-order valence-corrected chi connectivity index (χ1v) is 18.2. The van der Waals surface area contributed by atoms with E-state index in [2.05, 4.69) is 15.6 Å². The van der Waals surface area contributed by atoms with Crippen molar-refractivity contribution in [3.8, 4) is 17.2 Å². The van der Waals surface area contributed by atoms with Gasteiger partial charge >= 0.3 is 12.1 Å². The molecule has 0 aliphatic carbocycles. The molecule has 0 spiro atoms. The van der Waals surface area contributed by atoms with E-state index in [9.17, 15) is 9.59 Å². The summed E-state index contributed by atoms with van der Waals surface area (Å²) in [6, 6.07) is 47.0. The zero-order chi connectivity index (χ0) is 39.5. The minimum absolute atomic E-state index is 0.0738. The molecular formula is C45H40N4O8. The SMILES string of the molecule is COc1ccc(COC(=O)[C@@H](Cc2ccc(OCOn3nnc4ccccc43)cc2)NC(=O)OC(c2ccccc2)(c2ccccc2)c2ccccc2)c(OC)c1. The van der Waals surface area contributed by atoms with E-state index in [-0.39, 0.29) is 19.8 Å². The predicted octanol–water partition coefficient (Wildman–Crippen LogP) is 7.29. The van der Waals surface area contributed by atoms with Crippen molar-refractivity contribution >= 4 is 23.1 Å². The molecular weight excluding hydrogens is 725 g/mol. The van der Waals surface area contributed by atoms with Crippen LogP contribution in [-0.2, 0) is 32.9 Å². The van der Waals surface area contributed by atoms with Crippen LogP contribution in [-0.4, -0.2) is 54.3 Å². The molecule has 7 aromatic rings. The number of fused-ring (bicyclic) bond motifs is 1. The van der Waals surface area contributed by atoms with Crippen LogP contribution >= 0.6 is 0 Å². The van der Waals surface area contributed by atoms with Gasteiger partial charge in [0, 0.05) is 34.7 Å². The van der Waals surface area contributed by atoms with Gasteiger partial charge in [-0.05, 0) is 47.2 Å². The van der Waals surface area contributed by atoms with E-state index in [1.54, 1.807) is 49.6 Å². The molecule has 0 fully saturated rings. The molecule has 1 aromatic heterocycles. The number of esters is 1. The quantitative estimate of drug-likeness (QED) is 0.0608. The van der Waals surface area contributed by atoms with E-state index in [4.69, 9.17) is 28.5 Å². The highest BCUT2D eigenvalue weighted by Gasteiger charge is 2.41. The summed E-state index contributed by atoms with van der Waals surface area (Å²) in [5.41, 5.74) is 3.54. The summed E-state index contributed by atoms with van der Waals surface area (Å²) >= 11 is 0. The van der Waals surface area contributed by atoms with Crippen LogP contribution in [0.4, 0.5) is 4.79 Å². The number of ether oxygens (including phenoxy) is 5. The van der Waals surface area contributed by atoms with E-state index in [1.165, 1.54) is 12.0 Å². The molecule has 12 heteroatoms. The summed E-state index contributed by atoms with van der Waals surface area (Å²) < 4.78 is 29.0. The van der Waals surface area contributed by atoms with E-state index in [0.717, 1.165) is 22.3 Å². The molecule has 7 rings (SSSR count). The maximum absolute atomic E-state index is 14.3. The summed E-state index contributed by atoms with van der Waals surface area (Å²) in [5.74, 6) is 0.915. The second-order valence-electron chi connectivity index (χ2n) is 12.8. The summed E-state index contributed by atoms with van der Waals surface area (Å²) in [4.78, 5) is 35.2. The lowest BCUT2D eigenvalue weighted by Crippen LogP contribution is -2.47. The van der Waals surface area contributed by atoms with Gasteiger partial charge in [0.1, 0.15) is 40.9 Å². The molecule has 0 unspecified atom stereocenters. The molecule has 0 bridgehead atoms. The van der Waals surface area contributed by atoms with Gasteiger partial charge in [-0.15, -0.1) is 5.10 Å². The highest BCUT2D eigenvalue weighted by Crippen LogP contribution is 2.40. The Morgan fingerprint density at radius 3 is 1.91 bits per heavy atom. The Kier molecular flexibility index (Phi) is 11.9. The number of hydrogen-bond donors (Lipinski definition) is 1. The van der Waals surface area contributed by atoms with E-state index in [1.807, 2.05) is 115 Å². The van der Waals surface area contributed by atoms with Gasteiger partial charge in [-0.2, -0.15) is 0 Å². The number of carbonyl (C=O) groups excluding carboxylic acids is 2. The number of aromatic nitrogens is 3. The molecule has 6 aromatic carbocycles. The number of carbonyl (C=O) groups is 2. The first-order chi connectivity index (χ1) is 28.0. The molecule has 288 valence electrons. The van der Waals surface area contributed by atoms with Crippen molar-refractivity contribution in [3.63, 3.8) is 0 Å². The standard InChI is InChI=1S/C45H40N4O8/c1-52-38-27-24-33(42(29-38)53-2)30-54-43(50)40(28-32-22-25-37(26-23-32)55-31-56-49-41-21-13-12-20-39(41)47-48-49)46-44(51)57-45(34-14-6-3-7-15-34,35-16-8-4-9-17-35)36-18-10-5-11-19-36/h3-27,29,40H,28,30-31H2,1-2H3,(H,46,51)/t40-/m1/s1. The van der Waals surface area contributed by atoms with Gasteiger partial charge in [0.2, 0.25) is 0 Å². The van der Waals surface area contributed by atoms with Gasteiger partial charge < -0.3 is 33.8 Å². The fraction of sp³-hybridized carbons (Fsp3) is 0.156. The summed E-state index contributed by atoms with van der Waals surface area (Å²) in [7, 11) is 3.08. The van der Waals surface area contributed by atoms with Crippen LogP contribution in [0.1, 0.15) is 27.8 Å². The van der Waals surface area contributed by atoms with Crippen LogP contribution in [0.3, 0.4) is 0 Å². The Morgan fingerprint density at radius 1 is 0.702 bits per heavy atom. The third-order valence-corrected chi connectivity index (χ3v) is 9.31. The van der Waals surface area contributed by atoms with Gasteiger partial charge in [0.15, 0.2) is 5.60 Å². The van der Waals surface area contributed by atoms with Crippen molar-refractivity contribution in [3.05, 3.63) is 186 Å². The number of alkyl carbamates (subject to hydrolysis) is 1. The number of methoxy groups -OCH3 is 2. The van der Waals surface area contributed by atoms with Crippen LogP contribution in [0.25, 0.3) is 11.0 Å². The molecule has 1 N–H and O–H groups in total. The van der Waals surface area contributed by atoms with Crippen LogP contribution < -0.4 is 24.4 Å². The maximum Gasteiger partial charge on any atom is 0.409 e. The van der Waals surface area contributed by atoms with E-state index >= 15 is 0 Å². The molecule has 0 aliphatic heterocycles. The van der Waals surface area contributed by atoms with Crippen LogP contribution in [0.15, 0.2) is 158 Å². The number of amides is 1. The predicted molar refractivity (Wildman–Crippen MR) is 212 cm³/mol. The Bertz CT molecular complexity index is 2290. The topological polar surface area (TPSA) is 132 Å². The Balaban J connectivity index is 1.12. The average Bonchev–Trinajstić information content (AvgIpc) is 3.68. The molecule has 12 nitrogen and oxygen atoms in total. The lowest BCUT2D eigenvalue weighted by atomic mass is 9.80. The lowest BCUT2D eigenvalue weighted by Gasteiger charge is -2.35. The number of rotatable bonds is 16. The fourth-order valence-corrected chi connectivity index (χ4v) is 6.46. The normalized spacial score (nSPS) is 11.6. The number of nitrogens with zero attached hydrogens (tertiary/aromatic N) is 3. The van der Waals surface area contributed by atoms with Crippen molar-refractivity contribution in [2.45, 2.75) is 24.7 Å². The van der Waals surface area contributed by atoms with Gasteiger partial charge in [0.25, 0.3) is 6.79 Å². The third-order valence-electron chi connectivity index (χ3n) is 9.31. The molecule has 1 amide bonds. The lowest BCUT2D eigenvalue weighted by molar-refractivity contribution is -0.147. The van der Waals surface area contributed by atoms with Crippen LogP contribution in [0.5, 0.6) is 17.2 Å². The largest absolute Gasteiger partial charge is 0.497 e. The molecule has 0 aliphatic rings. The number of para-hydroxylation sites is 1. The molecule has 0 radical (unpaired) electrons. The number of nitrogens with one attached hydrogen (secondary N) is 1. The highest BCUT2D eigenvalue weighted by atomic mass is 16.8. The highest BCUT2D eigenvalue weighted by molar-refractivity contribution is 5.82. The van der Waals surface area contributed by atoms with E-state index in [0.29, 0.717) is 33.8 Å². The van der Waals surface area contributed by atoms with Crippen LogP contribution in [0, 0.1) is 0 Å². The number of hydrogen-bond acceptors (Lipinski definition) is 10. The fourth-order valence-electron chi connectivity index (χ4n) is 6.46. The molecule has 1 atom stereocenters. The van der Waals surface area contributed by atoms with Gasteiger partial charge in [-0.3, -0.25) is 0 Å². The molecule has 57 heavy (non-hydrogen) atoms. The second-order valence-corrected chi connectivity index (χ2v) is 12.8. The first-order valence-electron chi connectivity index (χ1n) is 18.2. The molecule has 1 heterocycles. The van der Waals surface area contributed by atoms with Crippen molar-refractivity contribution < 1.29 is 38.1 Å². The van der Waals surface area contributed by atoms with Crippen LogP contribution in [0.2, 0.25) is 0 Å². The summed E-state index contributed by atoms with van der Waals surface area (Å²) in [5, 5.41) is 10.9. The maximum atomic E-state index is 14.3. The van der Waals surface area contributed by atoms with Gasteiger partial charge in [-0.1, -0.05) is 120 Å². The van der Waals surface area contributed by atoms with E-state index < -0.39 is 23.7 Å². The zero-order valence-electron chi connectivity index (χ0n) is 31.3. The smallest absolute Gasteiger partial charge is 0.409 e. The second kappa shape index (κ2) is 17.9. The molecule has 0 saturated heterocycles. The van der Waals surface area contributed by atoms with Crippen molar-refractivity contribution in [2.75, 3.05) is 21.0 Å². The number of benzene rings is 6. The van der Waals surface area contributed by atoms with Crippen molar-refractivity contribution in [1.29, 1.82) is 0 Å². The Morgan fingerprint density at radius 2 is 1.30 bits per heavy atom. The van der Waals surface area contributed by atoms with Crippen molar-refractivity contribution in [1.82, 2.24) is 20.5 Å². The molecule has 0 saturated carbocycles. The summed E-state index contributed by atoms with van der Waals surface area (Å²) in [6.07, 6.45) is -0.752.